The van der Waals surface area contributed by atoms with E-state index in [1.54, 1.807) is 0 Å². The molecule has 1 aliphatic carbocycles. The Hall–Kier alpha value is -1.02. The van der Waals surface area contributed by atoms with Crippen molar-refractivity contribution in [3.63, 3.8) is 0 Å². The van der Waals surface area contributed by atoms with Crippen LogP contribution in [0.3, 0.4) is 0 Å². The van der Waals surface area contributed by atoms with Gasteiger partial charge in [0.15, 0.2) is 5.82 Å². The van der Waals surface area contributed by atoms with Gasteiger partial charge in [0.2, 0.25) is 10.0 Å². The molecule has 0 spiro atoms. The summed E-state index contributed by atoms with van der Waals surface area (Å²) in [5.41, 5.74) is 0. The van der Waals surface area contributed by atoms with E-state index in [0.717, 1.165) is 12.8 Å². The first-order chi connectivity index (χ1) is 6.18. The van der Waals surface area contributed by atoms with Crippen molar-refractivity contribution in [2.75, 3.05) is 0 Å². The Morgan fingerprint density at radius 2 is 2.31 bits per heavy atom. The predicted molar refractivity (Wildman–Crippen MR) is 43.0 cm³/mol. The zero-order valence-electron chi connectivity index (χ0n) is 6.77. The molecule has 8 heteroatoms. The highest BCUT2D eigenvalue weighted by molar-refractivity contribution is 7.90. The molecule has 0 amide bonds. The number of aromatic amines is 1. The number of hydrogen-bond donors (Lipinski definition) is 2. The van der Waals surface area contributed by atoms with E-state index in [0.29, 0.717) is 5.82 Å². The molecule has 2 rings (SSSR count). The molecule has 0 aromatic carbocycles. The first kappa shape index (κ1) is 8.57. The molecule has 0 bridgehead atoms. The van der Waals surface area contributed by atoms with Crippen molar-refractivity contribution in [1.82, 2.24) is 25.3 Å². The molecule has 1 aliphatic rings. The second kappa shape index (κ2) is 3.04. The molecular weight excluding hydrogens is 194 g/mol. The minimum absolute atomic E-state index is 0.106. The van der Waals surface area contributed by atoms with Gasteiger partial charge in [-0.25, -0.2) is 13.1 Å². The van der Waals surface area contributed by atoms with Crippen LogP contribution >= 0.6 is 0 Å². The monoisotopic (exact) mass is 203 g/mol. The summed E-state index contributed by atoms with van der Waals surface area (Å²) < 4.78 is 25.0. The molecule has 0 aliphatic heterocycles. The summed E-state index contributed by atoms with van der Waals surface area (Å²) >= 11 is 0. The maximum absolute atomic E-state index is 11.3. The Bertz CT molecular complexity index is 368. The summed E-state index contributed by atoms with van der Waals surface area (Å²) in [5, 5.41) is 12.6. The van der Waals surface area contributed by atoms with Crippen molar-refractivity contribution in [1.29, 1.82) is 0 Å². The molecule has 0 unspecified atom stereocenters. The summed E-state index contributed by atoms with van der Waals surface area (Å²) in [6.45, 7) is 0.106. The number of rotatable bonds is 4. The maximum atomic E-state index is 11.3. The molecule has 1 aromatic rings. The van der Waals surface area contributed by atoms with Gasteiger partial charge in [0.1, 0.15) is 0 Å². The highest BCUT2D eigenvalue weighted by Crippen LogP contribution is 2.27. The van der Waals surface area contributed by atoms with E-state index in [1.165, 1.54) is 0 Å². The van der Waals surface area contributed by atoms with Gasteiger partial charge >= 0.3 is 0 Å². The van der Waals surface area contributed by atoms with Gasteiger partial charge in [-0.05, 0) is 12.8 Å². The number of sulfonamides is 1. The van der Waals surface area contributed by atoms with Gasteiger partial charge < -0.3 is 0 Å². The lowest BCUT2D eigenvalue weighted by molar-refractivity contribution is 0.578. The lowest BCUT2D eigenvalue weighted by Crippen LogP contribution is -2.27. The first-order valence-corrected chi connectivity index (χ1v) is 5.44. The summed E-state index contributed by atoms with van der Waals surface area (Å²) in [5.74, 6) is 0.351. The topological polar surface area (TPSA) is 101 Å². The van der Waals surface area contributed by atoms with Crippen LogP contribution in [0, 0.1) is 0 Å². The van der Waals surface area contributed by atoms with Gasteiger partial charge in [0.05, 0.1) is 11.8 Å². The van der Waals surface area contributed by atoms with Crippen LogP contribution in [-0.4, -0.2) is 34.3 Å². The highest BCUT2D eigenvalue weighted by atomic mass is 32.2. The molecule has 2 N–H and O–H groups in total. The molecular formula is C5H9N5O2S. The van der Waals surface area contributed by atoms with Crippen LogP contribution < -0.4 is 4.72 Å². The van der Waals surface area contributed by atoms with E-state index < -0.39 is 10.0 Å². The average Bonchev–Trinajstić information content (AvgIpc) is 2.82. The number of nitrogens with one attached hydrogen (secondary N) is 2. The first-order valence-electron chi connectivity index (χ1n) is 3.89. The average molecular weight is 203 g/mol. The Labute approximate surface area is 75.0 Å². The quantitative estimate of drug-likeness (QED) is 0.639. The fourth-order valence-electron chi connectivity index (χ4n) is 0.919. The van der Waals surface area contributed by atoms with Crippen molar-refractivity contribution in [3.05, 3.63) is 5.82 Å². The second-order valence-corrected chi connectivity index (χ2v) is 4.94. The summed E-state index contributed by atoms with van der Waals surface area (Å²) in [6, 6.07) is 0. The number of hydrogen-bond acceptors (Lipinski definition) is 5. The molecule has 1 fully saturated rings. The van der Waals surface area contributed by atoms with Gasteiger partial charge in [-0.1, -0.05) is 5.21 Å². The molecule has 72 valence electrons. The Kier molecular flexibility index (Phi) is 2.00. The predicted octanol–water partition coefficient (Wildman–Crippen LogP) is -1.22. The molecule has 7 nitrogen and oxygen atoms in total. The third kappa shape index (κ3) is 2.01. The van der Waals surface area contributed by atoms with Crippen molar-refractivity contribution < 1.29 is 8.42 Å². The van der Waals surface area contributed by atoms with E-state index >= 15 is 0 Å². The number of H-pyrrole nitrogens is 1. The van der Waals surface area contributed by atoms with Crippen molar-refractivity contribution in [2.24, 2.45) is 0 Å². The molecule has 1 heterocycles. The van der Waals surface area contributed by atoms with Gasteiger partial charge in [-0.3, -0.25) is 0 Å². The van der Waals surface area contributed by atoms with Crippen LogP contribution in [0.5, 0.6) is 0 Å². The molecule has 13 heavy (non-hydrogen) atoms. The number of aromatic nitrogens is 4. The van der Waals surface area contributed by atoms with Crippen LogP contribution in [0.15, 0.2) is 0 Å². The van der Waals surface area contributed by atoms with E-state index in [-0.39, 0.29) is 11.8 Å². The molecule has 0 radical (unpaired) electrons. The number of nitrogens with zero attached hydrogens (tertiary/aromatic N) is 3. The minimum atomic E-state index is -3.13. The van der Waals surface area contributed by atoms with Gasteiger partial charge in [-0.15, -0.1) is 10.2 Å². The van der Waals surface area contributed by atoms with Gasteiger partial charge in [0.25, 0.3) is 0 Å². The van der Waals surface area contributed by atoms with Crippen molar-refractivity contribution in [3.8, 4) is 0 Å². The van der Waals surface area contributed by atoms with E-state index in [4.69, 9.17) is 0 Å². The molecule has 1 saturated carbocycles. The smallest absolute Gasteiger partial charge is 0.212 e. The Balaban J connectivity index is 1.92. The van der Waals surface area contributed by atoms with Gasteiger partial charge in [0, 0.05) is 0 Å². The van der Waals surface area contributed by atoms with E-state index in [9.17, 15) is 8.42 Å². The van der Waals surface area contributed by atoms with Crippen LogP contribution in [-0.2, 0) is 16.6 Å². The van der Waals surface area contributed by atoms with Crippen LogP contribution in [0.25, 0.3) is 0 Å². The lowest BCUT2D eigenvalue weighted by Gasteiger charge is -2.00. The van der Waals surface area contributed by atoms with E-state index in [2.05, 4.69) is 25.3 Å². The lowest BCUT2D eigenvalue weighted by atomic mass is 10.7. The Morgan fingerprint density at radius 1 is 1.54 bits per heavy atom. The van der Waals surface area contributed by atoms with Crippen molar-refractivity contribution >= 4 is 10.0 Å². The zero-order valence-corrected chi connectivity index (χ0v) is 7.58. The fraction of sp³-hybridized carbons (Fsp3) is 0.800. The standard InChI is InChI=1S/C5H9N5O2S/c11-13(12,4-1-2-4)6-3-5-7-9-10-8-5/h4,6H,1-3H2,(H,7,8,9,10). The summed E-state index contributed by atoms with van der Waals surface area (Å²) in [7, 11) is -3.13. The normalized spacial score (nSPS) is 17.5. The number of tetrazole rings is 1. The minimum Gasteiger partial charge on any atom is -0.212 e. The molecule has 0 saturated heterocycles. The zero-order chi connectivity index (χ0) is 9.31. The SMILES string of the molecule is O=S(=O)(NCc1nn[nH]n1)C1CC1. The van der Waals surface area contributed by atoms with Crippen LogP contribution in [0.1, 0.15) is 18.7 Å². The largest absolute Gasteiger partial charge is 0.214 e. The third-order valence-corrected chi connectivity index (χ3v) is 3.68. The Morgan fingerprint density at radius 3 is 2.85 bits per heavy atom. The van der Waals surface area contributed by atoms with E-state index in [1.807, 2.05) is 0 Å². The summed E-state index contributed by atoms with van der Waals surface area (Å²) in [6.07, 6.45) is 1.50. The maximum Gasteiger partial charge on any atom is 0.214 e. The molecule has 1 aromatic heterocycles. The highest BCUT2D eigenvalue weighted by Gasteiger charge is 2.35. The fourth-order valence-corrected chi connectivity index (χ4v) is 2.24. The van der Waals surface area contributed by atoms with Crippen LogP contribution in [0.2, 0.25) is 0 Å². The molecule has 0 atom stereocenters. The third-order valence-electron chi connectivity index (χ3n) is 1.78. The van der Waals surface area contributed by atoms with Gasteiger partial charge in [-0.2, -0.15) is 5.21 Å². The van der Waals surface area contributed by atoms with Crippen LogP contribution in [0.4, 0.5) is 0 Å². The van der Waals surface area contributed by atoms with Crippen molar-refractivity contribution in [2.45, 2.75) is 24.6 Å². The summed E-state index contributed by atoms with van der Waals surface area (Å²) in [4.78, 5) is 0. The second-order valence-electron chi connectivity index (χ2n) is 2.89.